The van der Waals surface area contributed by atoms with Gasteiger partial charge in [-0.3, -0.25) is 4.79 Å². The van der Waals surface area contributed by atoms with Crippen molar-refractivity contribution in [3.05, 3.63) is 42.0 Å². The van der Waals surface area contributed by atoms with E-state index in [9.17, 15) is 4.79 Å². The molecule has 0 saturated carbocycles. The van der Waals surface area contributed by atoms with E-state index < -0.39 is 6.10 Å². The number of ether oxygens (including phenoxy) is 1. The van der Waals surface area contributed by atoms with Crippen molar-refractivity contribution in [2.45, 2.75) is 45.8 Å². The fourth-order valence-electron chi connectivity index (χ4n) is 3.25. The number of amides is 1. The maximum atomic E-state index is 12.7. The Kier molecular flexibility index (Phi) is 4.83. The SMILES string of the molecule is Cc1nc(C)n(C2CCCN(C(=O)C(C)Oc3ccccc3)C2)n1. The summed E-state index contributed by atoms with van der Waals surface area (Å²) in [6.07, 6.45) is 1.48. The molecule has 1 saturated heterocycles. The zero-order valence-corrected chi connectivity index (χ0v) is 14.5. The number of likely N-dealkylation sites (tertiary alicyclic amines) is 1. The molecule has 1 aliphatic rings. The average molecular weight is 328 g/mol. The number of rotatable bonds is 4. The quantitative estimate of drug-likeness (QED) is 0.865. The maximum Gasteiger partial charge on any atom is 0.263 e. The van der Waals surface area contributed by atoms with Gasteiger partial charge in [0.1, 0.15) is 17.4 Å². The van der Waals surface area contributed by atoms with Gasteiger partial charge in [-0.15, -0.1) is 0 Å². The van der Waals surface area contributed by atoms with E-state index in [0.29, 0.717) is 6.54 Å². The number of benzene rings is 1. The molecule has 128 valence electrons. The molecule has 6 nitrogen and oxygen atoms in total. The van der Waals surface area contributed by atoms with Crippen LogP contribution in [0.5, 0.6) is 5.75 Å². The molecule has 1 aliphatic heterocycles. The van der Waals surface area contributed by atoms with Crippen LogP contribution in [0.1, 0.15) is 37.5 Å². The van der Waals surface area contributed by atoms with Crippen molar-refractivity contribution < 1.29 is 9.53 Å². The summed E-state index contributed by atoms with van der Waals surface area (Å²) in [5.41, 5.74) is 0. The summed E-state index contributed by atoms with van der Waals surface area (Å²) in [4.78, 5) is 19.0. The largest absolute Gasteiger partial charge is 0.481 e. The van der Waals surface area contributed by atoms with Crippen molar-refractivity contribution in [2.75, 3.05) is 13.1 Å². The van der Waals surface area contributed by atoms with Gasteiger partial charge in [0.25, 0.3) is 5.91 Å². The van der Waals surface area contributed by atoms with Crippen LogP contribution in [0.3, 0.4) is 0 Å². The third-order valence-electron chi connectivity index (χ3n) is 4.37. The highest BCUT2D eigenvalue weighted by molar-refractivity contribution is 5.81. The van der Waals surface area contributed by atoms with Crippen molar-refractivity contribution >= 4 is 5.91 Å². The number of carbonyl (C=O) groups excluding carboxylic acids is 1. The number of piperidine rings is 1. The molecule has 2 atom stereocenters. The molecule has 0 N–H and O–H groups in total. The second-order valence-corrected chi connectivity index (χ2v) is 6.30. The Balaban J connectivity index is 1.65. The van der Waals surface area contributed by atoms with Crippen LogP contribution in [0.15, 0.2) is 30.3 Å². The molecular weight excluding hydrogens is 304 g/mol. The van der Waals surface area contributed by atoms with E-state index in [1.165, 1.54) is 0 Å². The van der Waals surface area contributed by atoms with Crippen molar-refractivity contribution in [1.29, 1.82) is 0 Å². The van der Waals surface area contributed by atoms with Crippen LogP contribution < -0.4 is 4.74 Å². The van der Waals surface area contributed by atoms with E-state index in [1.807, 2.05) is 60.7 Å². The molecule has 3 rings (SSSR count). The summed E-state index contributed by atoms with van der Waals surface area (Å²) in [7, 11) is 0. The van der Waals surface area contributed by atoms with Crippen LogP contribution in [-0.4, -0.2) is 44.8 Å². The lowest BCUT2D eigenvalue weighted by Gasteiger charge is -2.34. The monoisotopic (exact) mass is 328 g/mol. The number of carbonyl (C=O) groups is 1. The molecule has 2 aromatic rings. The average Bonchev–Trinajstić information content (AvgIpc) is 2.93. The molecule has 2 unspecified atom stereocenters. The third-order valence-corrected chi connectivity index (χ3v) is 4.37. The summed E-state index contributed by atoms with van der Waals surface area (Å²) in [5, 5.41) is 4.48. The van der Waals surface area contributed by atoms with Gasteiger partial charge in [-0.2, -0.15) is 5.10 Å². The molecule has 0 spiro atoms. The van der Waals surface area contributed by atoms with E-state index in [1.54, 1.807) is 0 Å². The first-order chi connectivity index (χ1) is 11.5. The van der Waals surface area contributed by atoms with E-state index in [4.69, 9.17) is 4.74 Å². The van der Waals surface area contributed by atoms with Gasteiger partial charge in [0.15, 0.2) is 6.10 Å². The van der Waals surface area contributed by atoms with Gasteiger partial charge in [-0.05, 0) is 45.7 Å². The van der Waals surface area contributed by atoms with Crippen LogP contribution >= 0.6 is 0 Å². The summed E-state index contributed by atoms with van der Waals surface area (Å²) in [6, 6.07) is 9.65. The van der Waals surface area contributed by atoms with Crippen LogP contribution in [0, 0.1) is 13.8 Å². The molecule has 1 aromatic carbocycles. The van der Waals surface area contributed by atoms with Crippen LogP contribution in [0.25, 0.3) is 0 Å². The number of para-hydroxylation sites is 1. The fourth-order valence-corrected chi connectivity index (χ4v) is 3.25. The topological polar surface area (TPSA) is 60.2 Å². The number of aryl methyl sites for hydroxylation is 2. The number of hydrogen-bond acceptors (Lipinski definition) is 4. The smallest absolute Gasteiger partial charge is 0.263 e. The molecular formula is C18H24N4O2. The highest BCUT2D eigenvalue weighted by Gasteiger charge is 2.29. The van der Waals surface area contributed by atoms with E-state index in [0.717, 1.165) is 36.8 Å². The third kappa shape index (κ3) is 3.58. The predicted molar refractivity (Wildman–Crippen MR) is 90.9 cm³/mol. The van der Waals surface area contributed by atoms with Gasteiger partial charge in [0.2, 0.25) is 0 Å². The van der Waals surface area contributed by atoms with Crippen molar-refractivity contribution in [1.82, 2.24) is 19.7 Å². The molecule has 6 heteroatoms. The maximum absolute atomic E-state index is 12.7. The van der Waals surface area contributed by atoms with E-state index in [-0.39, 0.29) is 11.9 Å². The van der Waals surface area contributed by atoms with Gasteiger partial charge in [0.05, 0.1) is 6.04 Å². The predicted octanol–water partition coefficient (Wildman–Crippen LogP) is 2.53. The Hall–Kier alpha value is -2.37. The van der Waals surface area contributed by atoms with E-state index in [2.05, 4.69) is 10.1 Å². The van der Waals surface area contributed by atoms with Crippen LogP contribution in [0.2, 0.25) is 0 Å². The first kappa shape index (κ1) is 16.5. The van der Waals surface area contributed by atoms with Gasteiger partial charge in [0, 0.05) is 13.1 Å². The molecule has 1 amide bonds. The number of aromatic nitrogens is 3. The minimum atomic E-state index is -0.496. The summed E-state index contributed by atoms with van der Waals surface area (Å²) in [6.45, 7) is 7.09. The lowest BCUT2D eigenvalue weighted by Crippen LogP contribution is -2.46. The van der Waals surface area contributed by atoms with Gasteiger partial charge >= 0.3 is 0 Å². The van der Waals surface area contributed by atoms with Crippen molar-refractivity contribution in [3.63, 3.8) is 0 Å². The van der Waals surface area contributed by atoms with Gasteiger partial charge in [-0.1, -0.05) is 18.2 Å². The second-order valence-electron chi connectivity index (χ2n) is 6.30. The Morgan fingerprint density at radius 3 is 2.71 bits per heavy atom. The molecule has 0 radical (unpaired) electrons. The Morgan fingerprint density at radius 2 is 2.04 bits per heavy atom. The first-order valence-corrected chi connectivity index (χ1v) is 8.45. The first-order valence-electron chi connectivity index (χ1n) is 8.45. The number of hydrogen-bond donors (Lipinski definition) is 0. The Bertz CT molecular complexity index is 698. The molecule has 0 aliphatic carbocycles. The van der Waals surface area contributed by atoms with Crippen LogP contribution in [0.4, 0.5) is 0 Å². The zero-order chi connectivity index (χ0) is 17.1. The molecule has 0 bridgehead atoms. The van der Waals surface area contributed by atoms with Gasteiger partial charge < -0.3 is 9.64 Å². The zero-order valence-electron chi connectivity index (χ0n) is 14.5. The summed E-state index contributed by atoms with van der Waals surface area (Å²) >= 11 is 0. The van der Waals surface area contributed by atoms with E-state index >= 15 is 0 Å². The van der Waals surface area contributed by atoms with Crippen molar-refractivity contribution in [2.24, 2.45) is 0 Å². The van der Waals surface area contributed by atoms with Crippen molar-refractivity contribution in [3.8, 4) is 5.75 Å². The standard InChI is InChI=1S/C18H24N4O2/c1-13(24-17-9-5-4-6-10-17)18(23)21-11-7-8-16(12-21)22-15(3)19-14(2)20-22/h4-6,9-10,13,16H,7-8,11-12H2,1-3H3. The molecule has 1 aromatic heterocycles. The summed E-state index contributed by atoms with van der Waals surface area (Å²) < 4.78 is 7.73. The highest BCUT2D eigenvalue weighted by Crippen LogP contribution is 2.23. The lowest BCUT2D eigenvalue weighted by molar-refractivity contribution is -0.139. The fraction of sp³-hybridized carbons (Fsp3) is 0.500. The second kappa shape index (κ2) is 7.03. The molecule has 24 heavy (non-hydrogen) atoms. The normalized spacial score (nSPS) is 19.1. The molecule has 1 fully saturated rings. The lowest BCUT2D eigenvalue weighted by atomic mass is 10.1. The van der Waals surface area contributed by atoms with Crippen LogP contribution in [-0.2, 0) is 4.79 Å². The molecule has 2 heterocycles. The minimum Gasteiger partial charge on any atom is -0.481 e. The Labute approximate surface area is 142 Å². The Morgan fingerprint density at radius 1 is 1.29 bits per heavy atom. The summed E-state index contributed by atoms with van der Waals surface area (Å²) in [5.74, 6) is 2.42. The number of nitrogens with zero attached hydrogens (tertiary/aromatic N) is 4. The highest BCUT2D eigenvalue weighted by atomic mass is 16.5. The minimum absolute atomic E-state index is 0.0260. The van der Waals surface area contributed by atoms with Gasteiger partial charge in [-0.25, -0.2) is 9.67 Å².